The first-order valence-electron chi connectivity index (χ1n) is 7.93. The summed E-state index contributed by atoms with van der Waals surface area (Å²) in [6.07, 6.45) is 6.88. The van der Waals surface area contributed by atoms with Gasteiger partial charge in [0, 0.05) is 19.5 Å². The van der Waals surface area contributed by atoms with E-state index in [-0.39, 0.29) is 5.91 Å². The number of unbranched alkanes of at least 4 members (excludes halogenated alkanes) is 1. The molecule has 2 heterocycles. The SMILES string of the molecule is CCCCC(=O)NCCn1ncc2c(NCCC)ncnc21. The normalized spacial score (nSPS) is 10.8. The van der Waals surface area contributed by atoms with E-state index in [2.05, 4.69) is 39.5 Å². The Kier molecular flexibility index (Phi) is 6.12. The summed E-state index contributed by atoms with van der Waals surface area (Å²) < 4.78 is 1.80. The Morgan fingerprint density at radius 3 is 2.86 bits per heavy atom. The molecule has 2 rings (SSSR count). The standard InChI is InChI=1S/C15H24N6O/c1-3-5-6-13(22)16-8-9-21-15-12(10-20-21)14(17-7-4-2)18-11-19-15/h10-11H,3-9H2,1-2H3,(H,16,22)(H,17,18,19). The van der Waals surface area contributed by atoms with Crippen LogP contribution in [0, 0.1) is 0 Å². The molecule has 0 fully saturated rings. The molecule has 0 unspecified atom stereocenters. The predicted molar refractivity (Wildman–Crippen MR) is 86.6 cm³/mol. The molecule has 2 aromatic rings. The first-order valence-corrected chi connectivity index (χ1v) is 7.93. The number of carbonyl (C=O) groups excluding carboxylic acids is 1. The van der Waals surface area contributed by atoms with E-state index in [9.17, 15) is 4.79 Å². The van der Waals surface area contributed by atoms with Gasteiger partial charge in [-0.25, -0.2) is 14.6 Å². The van der Waals surface area contributed by atoms with Crippen molar-refractivity contribution in [2.24, 2.45) is 0 Å². The van der Waals surface area contributed by atoms with Crippen LogP contribution in [0.2, 0.25) is 0 Å². The molecule has 0 aliphatic carbocycles. The third-order valence-corrected chi connectivity index (χ3v) is 3.38. The number of hydrogen-bond donors (Lipinski definition) is 2. The average molecular weight is 304 g/mol. The van der Waals surface area contributed by atoms with Gasteiger partial charge in [-0.05, 0) is 12.8 Å². The number of aromatic nitrogens is 4. The summed E-state index contributed by atoms with van der Waals surface area (Å²) in [5, 5.41) is 11.4. The maximum absolute atomic E-state index is 11.6. The molecular weight excluding hydrogens is 280 g/mol. The third-order valence-electron chi connectivity index (χ3n) is 3.38. The van der Waals surface area contributed by atoms with Crippen LogP contribution in [-0.2, 0) is 11.3 Å². The summed E-state index contributed by atoms with van der Waals surface area (Å²) in [4.78, 5) is 20.1. The van der Waals surface area contributed by atoms with E-state index in [1.165, 1.54) is 0 Å². The van der Waals surface area contributed by atoms with Gasteiger partial charge >= 0.3 is 0 Å². The molecule has 0 spiro atoms. The molecule has 0 aliphatic rings. The zero-order valence-electron chi connectivity index (χ0n) is 13.3. The zero-order valence-corrected chi connectivity index (χ0v) is 13.3. The number of nitrogens with one attached hydrogen (secondary N) is 2. The van der Waals surface area contributed by atoms with Gasteiger partial charge in [0.15, 0.2) is 5.65 Å². The van der Waals surface area contributed by atoms with Crippen LogP contribution in [0.4, 0.5) is 5.82 Å². The van der Waals surface area contributed by atoms with Gasteiger partial charge in [-0.3, -0.25) is 4.79 Å². The van der Waals surface area contributed by atoms with Gasteiger partial charge in [-0.2, -0.15) is 5.10 Å². The monoisotopic (exact) mass is 304 g/mol. The fraction of sp³-hybridized carbons (Fsp3) is 0.600. The Morgan fingerprint density at radius 1 is 1.23 bits per heavy atom. The first-order chi connectivity index (χ1) is 10.8. The Labute approximate surface area is 130 Å². The molecule has 0 saturated carbocycles. The summed E-state index contributed by atoms with van der Waals surface area (Å²) in [5.41, 5.74) is 0.788. The molecule has 22 heavy (non-hydrogen) atoms. The highest BCUT2D eigenvalue weighted by atomic mass is 16.1. The number of nitrogens with zero attached hydrogens (tertiary/aromatic N) is 4. The molecule has 0 atom stereocenters. The Bertz CT molecular complexity index is 609. The summed E-state index contributed by atoms with van der Waals surface area (Å²) in [5.74, 6) is 0.906. The van der Waals surface area contributed by atoms with E-state index in [0.29, 0.717) is 19.5 Å². The second-order valence-corrected chi connectivity index (χ2v) is 5.21. The van der Waals surface area contributed by atoms with Crippen molar-refractivity contribution in [2.75, 3.05) is 18.4 Å². The van der Waals surface area contributed by atoms with E-state index in [1.54, 1.807) is 17.2 Å². The summed E-state index contributed by atoms with van der Waals surface area (Å²) >= 11 is 0. The molecule has 120 valence electrons. The molecule has 1 amide bonds. The van der Waals surface area contributed by atoms with Crippen molar-refractivity contribution in [3.63, 3.8) is 0 Å². The van der Waals surface area contributed by atoms with Crippen LogP contribution in [0.5, 0.6) is 0 Å². The smallest absolute Gasteiger partial charge is 0.220 e. The van der Waals surface area contributed by atoms with Crippen LogP contribution in [0.1, 0.15) is 39.5 Å². The number of carbonyl (C=O) groups is 1. The first kappa shape index (κ1) is 16.2. The summed E-state index contributed by atoms with van der Waals surface area (Å²) in [6, 6.07) is 0. The predicted octanol–water partition coefficient (Wildman–Crippen LogP) is 1.95. The van der Waals surface area contributed by atoms with Crippen molar-refractivity contribution in [3.05, 3.63) is 12.5 Å². The topological polar surface area (TPSA) is 84.7 Å². The molecule has 0 aromatic carbocycles. The van der Waals surface area contributed by atoms with Crippen molar-refractivity contribution < 1.29 is 4.79 Å². The summed E-state index contributed by atoms with van der Waals surface area (Å²) in [6.45, 7) is 6.21. The highest BCUT2D eigenvalue weighted by Crippen LogP contribution is 2.18. The van der Waals surface area contributed by atoms with Gasteiger partial charge in [0.2, 0.25) is 5.91 Å². The highest BCUT2D eigenvalue weighted by Gasteiger charge is 2.09. The molecule has 0 saturated heterocycles. The molecular formula is C15H24N6O. The fourth-order valence-corrected chi connectivity index (χ4v) is 2.17. The quantitative estimate of drug-likeness (QED) is 0.739. The highest BCUT2D eigenvalue weighted by molar-refractivity contribution is 5.86. The van der Waals surface area contributed by atoms with Crippen LogP contribution in [0.3, 0.4) is 0 Å². The van der Waals surface area contributed by atoms with Crippen LogP contribution in [0.25, 0.3) is 11.0 Å². The molecule has 0 aliphatic heterocycles. The van der Waals surface area contributed by atoms with Crippen LogP contribution < -0.4 is 10.6 Å². The van der Waals surface area contributed by atoms with Gasteiger partial charge in [0.05, 0.1) is 18.1 Å². The maximum Gasteiger partial charge on any atom is 0.220 e. The largest absolute Gasteiger partial charge is 0.369 e. The van der Waals surface area contributed by atoms with E-state index in [4.69, 9.17) is 0 Å². The molecule has 2 N–H and O–H groups in total. The van der Waals surface area contributed by atoms with Gasteiger partial charge in [0.25, 0.3) is 0 Å². The second kappa shape index (κ2) is 8.31. The van der Waals surface area contributed by atoms with Gasteiger partial charge in [-0.15, -0.1) is 0 Å². The van der Waals surface area contributed by atoms with Gasteiger partial charge in [-0.1, -0.05) is 20.3 Å². The molecule has 7 heteroatoms. The van der Waals surface area contributed by atoms with E-state index < -0.39 is 0 Å². The Balaban J connectivity index is 1.96. The lowest BCUT2D eigenvalue weighted by atomic mass is 10.2. The van der Waals surface area contributed by atoms with E-state index in [1.807, 2.05) is 0 Å². The van der Waals surface area contributed by atoms with Crippen molar-refractivity contribution in [1.29, 1.82) is 0 Å². The average Bonchev–Trinajstić information content (AvgIpc) is 2.95. The number of hydrogen-bond acceptors (Lipinski definition) is 5. The van der Waals surface area contributed by atoms with Crippen LogP contribution in [0.15, 0.2) is 12.5 Å². The lowest BCUT2D eigenvalue weighted by Gasteiger charge is -2.07. The minimum absolute atomic E-state index is 0.0956. The van der Waals surface area contributed by atoms with Gasteiger partial charge < -0.3 is 10.6 Å². The lowest BCUT2D eigenvalue weighted by molar-refractivity contribution is -0.121. The van der Waals surface area contributed by atoms with Crippen molar-refractivity contribution >= 4 is 22.8 Å². The van der Waals surface area contributed by atoms with E-state index >= 15 is 0 Å². The van der Waals surface area contributed by atoms with Crippen molar-refractivity contribution in [1.82, 2.24) is 25.1 Å². The minimum Gasteiger partial charge on any atom is -0.369 e. The van der Waals surface area contributed by atoms with E-state index in [0.717, 1.165) is 42.7 Å². The maximum atomic E-state index is 11.6. The number of fused-ring (bicyclic) bond motifs is 1. The molecule has 0 bridgehead atoms. The molecule has 7 nitrogen and oxygen atoms in total. The van der Waals surface area contributed by atoms with Crippen LogP contribution >= 0.6 is 0 Å². The Morgan fingerprint density at radius 2 is 2.09 bits per heavy atom. The zero-order chi connectivity index (χ0) is 15.8. The fourth-order valence-electron chi connectivity index (χ4n) is 2.17. The molecule has 0 radical (unpaired) electrons. The van der Waals surface area contributed by atoms with Crippen molar-refractivity contribution in [3.8, 4) is 0 Å². The second-order valence-electron chi connectivity index (χ2n) is 5.21. The molecule has 2 aromatic heterocycles. The van der Waals surface area contributed by atoms with Crippen molar-refractivity contribution in [2.45, 2.75) is 46.1 Å². The third kappa shape index (κ3) is 4.16. The summed E-state index contributed by atoms with van der Waals surface area (Å²) in [7, 11) is 0. The van der Waals surface area contributed by atoms with Gasteiger partial charge in [0.1, 0.15) is 12.1 Å². The van der Waals surface area contributed by atoms with Crippen LogP contribution in [-0.4, -0.2) is 38.7 Å². The lowest BCUT2D eigenvalue weighted by Crippen LogP contribution is -2.27. The number of rotatable bonds is 9. The minimum atomic E-state index is 0.0956. The Hall–Kier alpha value is -2.18. The number of anilines is 1. The number of amides is 1.